The van der Waals surface area contributed by atoms with Gasteiger partial charge in [-0.05, 0) is 13.0 Å². The molecule has 0 aliphatic heterocycles. The minimum Gasteiger partial charge on any atom is -0.275 e. The molecule has 0 saturated carbocycles. The number of benzene rings is 1. The highest BCUT2D eigenvalue weighted by Crippen LogP contribution is 2.24. The van der Waals surface area contributed by atoms with Crippen LogP contribution in [-0.4, -0.2) is 19.7 Å². The Morgan fingerprint density at radius 1 is 1.10 bits per heavy atom. The summed E-state index contributed by atoms with van der Waals surface area (Å²) < 4.78 is 1.73. The lowest BCUT2D eigenvalue weighted by molar-refractivity contribution is 0.768. The van der Waals surface area contributed by atoms with E-state index < -0.39 is 0 Å². The van der Waals surface area contributed by atoms with E-state index in [4.69, 9.17) is 11.6 Å². The van der Waals surface area contributed by atoms with Crippen LogP contribution in [0.3, 0.4) is 0 Å². The van der Waals surface area contributed by atoms with Crippen molar-refractivity contribution in [1.29, 1.82) is 0 Å². The van der Waals surface area contributed by atoms with Crippen LogP contribution in [0, 0.1) is 6.92 Å². The zero-order chi connectivity index (χ0) is 14.1. The van der Waals surface area contributed by atoms with Crippen molar-refractivity contribution in [1.82, 2.24) is 19.7 Å². The molecular weight excluding hydrogens is 272 g/mol. The highest BCUT2D eigenvalue weighted by Gasteiger charge is 2.09. The van der Waals surface area contributed by atoms with Gasteiger partial charge in [0.15, 0.2) is 5.82 Å². The minimum absolute atomic E-state index is 0.426. The van der Waals surface area contributed by atoms with Crippen molar-refractivity contribution in [3.63, 3.8) is 0 Å². The molecule has 0 radical (unpaired) electrons. The van der Waals surface area contributed by atoms with Crippen LogP contribution in [0.15, 0.2) is 42.7 Å². The summed E-state index contributed by atoms with van der Waals surface area (Å²) in [6.45, 7) is 2.04. The van der Waals surface area contributed by atoms with Gasteiger partial charge in [0.2, 0.25) is 0 Å². The molecule has 0 bridgehead atoms. The first-order chi connectivity index (χ1) is 9.61. The van der Waals surface area contributed by atoms with Gasteiger partial charge in [0.25, 0.3) is 0 Å². The van der Waals surface area contributed by atoms with Crippen LogP contribution in [0.5, 0.6) is 0 Å². The lowest BCUT2D eigenvalue weighted by atomic mass is 10.1. The fourth-order valence-electron chi connectivity index (χ4n) is 2.03. The summed E-state index contributed by atoms with van der Waals surface area (Å²) in [6.07, 6.45) is 3.66. The molecule has 20 heavy (non-hydrogen) atoms. The molecule has 0 saturated heterocycles. The molecule has 0 unspecified atom stereocenters. The molecule has 0 fully saturated rings. The second-order valence-corrected chi connectivity index (χ2v) is 5.06. The minimum atomic E-state index is 0.426. The first-order valence-corrected chi connectivity index (χ1v) is 6.60. The van der Waals surface area contributed by atoms with Crippen molar-refractivity contribution in [2.75, 3.05) is 0 Å². The molecule has 0 atom stereocenters. The number of halogens is 1. The Balaban J connectivity index is 2.11. The Morgan fingerprint density at radius 2 is 1.95 bits per heavy atom. The summed E-state index contributed by atoms with van der Waals surface area (Å²) in [4.78, 5) is 8.88. The number of aromatic nitrogens is 4. The van der Waals surface area contributed by atoms with Gasteiger partial charge in [-0.25, -0.2) is 9.97 Å². The maximum absolute atomic E-state index is 6.12. The normalized spacial score (nSPS) is 10.8. The van der Waals surface area contributed by atoms with Gasteiger partial charge >= 0.3 is 0 Å². The molecule has 0 spiro atoms. The quantitative estimate of drug-likeness (QED) is 0.677. The molecule has 2 aromatic heterocycles. The zero-order valence-corrected chi connectivity index (χ0v) is 12.0. The third kappa shape index (κ3) is 2.56. The highest BCUT2D eigenvalue weighted by molar-refractivity contribution is 6.29. The maximum atomic E-state index is 6.12. The summed E-state index contributed by atoms with van der Waals surface area (Å²) in [7, 11) is 1.87. The van der Waals surface area contributed by atoms with Crippen molar-refractivity contribution < 1.29 is 0 Å². The summed E-state index contributed by atoms with van der Waals surface area (Å²) in [5.41, 5.74) is 3.81. The van der Waals surface area contributed by atoms with Crippen LogP contribution >= 0.6 is 11.6 Å². The predicted octanol–water partition coefficient (Wildman–Crippen LogP) is 3.51. The second-order valence-electron chi connectivity index (χ2n) is 4.67. The topological polar surface area (TPSA) is 43.6 Å². The fraction of sp³-hybridized carbons (Fsp3) is 0.133. The van der Waals surface area contributed by atoms with E-state index in [1.807, 2.05) is 44.4 Å². The van der Waals surface area contributed by atoms with E-state index in [1.54, 1.807) is 16.9 Å². The SMILES string of the molecule is Cc1cccc(-c2nc(Cl)cc(-c3cnn(C)c3)n2)c1. The van der Waals surface area contributed by atoms with Gasteiger partial charge in [0.05, 0.1) is 11.9 Å². The van der Waals surface area contributed by atoms with Crippen LogP contribution in [-0.2, 0) is 7.05 Å². The van der Waals surface area contributed by atoms with E-state index >= 15 is 0 Å². The lowest BCUT2D eigenvalue weighted by Gasteiger charge is -2.04. The predicted molar refractivity (Wildman–Crippen MR) is 79.4 cm³/mol. The number of rotatable bonds is 2. The van der Waals surface area contributed by atoms with Gasteiger partial charge in [-0.1, -0.05) is 35.4 Å². The molecule has 4 nitrogen and oxygen atoms in total. The fourth-order valence-corrected chi connectivity index (χ4v) is 2.22. The van der Waals surface area contributed by atoms with Crippen molar-refractivity contribution in [2.45, 2.75) is 6.92 Å². The molecule has 3 rings (SSSR count). The van der Waals surface area contributed by atoms with E-state index in [1.165, 1.54) is 0 Å². The zero-order valence-electron chi connectivity index (χ0n) is 11.2. The van der Waals surface area contributed by atoms with Gasteiger partial charge in [-0.2, -0.15) is 5.10 Å². The molecule has 1 aromatic carbocycles. The molecule has 0 aliphatic carbocycles. The van der Waals surface area contributed by atoms with Crippen LogP contribution in [0.25, 0.3) is 22.6 Å². The first-order valence-electron chi connectivity index (χ1n) is 6.22. The van der Waals surface area contributed by atoms with E-state index in [0.29, 0.717) is 11.0 Å². The van der Waals surface area contributed by atoms with E-state index in [-0.39, 0.29) is 0 Å². The van der Waals surface area contributed by atoms with Gasteiger partial charge in [-0.15, -0.1) is 0 Å². The van der Waals surface area contributed by atoms with Crippen molar-refractivity contribution >= 4 is 11.6 Å². The Kier molecular flexibility index (Phi) is 3.24. The third-order valence-corrected chi connectivity index (χ3v) is 3.17. The molecule has 5 heteroatoms. The first kappa shape index (κ1) is 12.8. The van der Waals surface area contributed by atoms with Gasteiger partial charge in [-0.3, -0.25) is 4.68 Å². The number of nitrogens with zero attached hydrogens (tertiary/aromatic N) is 4. The molecule has 0 amide bonds. The average Bonchev–Trinajstić information content (AvgIpc) is 2.85. The molecule has 0 aliphatic rings. The molecule has 0 N–H and O–H groups in total. The van der Waals surface area contributed by atoms with Crippen LogP contribution in [0.2, 0.25) is 5.15 Å². The van der Waals surface area contributed by atoms with Crippen molar-refractivity contribution in [2.24, 2.45) is 7.05 Å². The monoisotopic (exact) mass is 284 g/mol. The molecule has 100 valence electrons. The van der Waals surface area contributed by atoms with Gasteiger partial charge < -0.3 is 0 Å². The van der Waals surface area contributed by atoms with Crippen molar-refractivity contribution in [3.8, 4) is 22.6 Å². The number of hydrogen-bond donors (Lipinski definition) is 0. The van der Waals surface area contributed by atoms with Gasteiger partial charge in [0, 0.05) is 30.4 Å². The van der Waals surface area contributed by atoms with Crippen molar-refractivity contribution in [3.05, 3.63) is 53.4 Å². The summed E-state index contributed by atoms with van der Waals surface area (Å²) in [5, 5.41) is 4.58. The van der Waals surface area contributed by atoms with E-state index in [0.717, 1.165) is 22.4 Å². The number of hydrogen-bond acceptors (Lipinski definition) is 3. The smallest absolute Gasteiger partial charge is 0.161 e. The molecular formula is C15H13ClN4. The summed E-state index contributed by atoms with van der Waals surface area (Å²) >= 11 is 6.12. The Labute approximate surface area is 122 Å². The largest absolute Gasteiger partial charge is 0.275 e. The Hall–Kier alpha value is -2.20. The highest BCUT2D eigenvalue weighted by atomic mass is 35.5. The average molecular weight is 285 g/mol. The lowest BCUT2D eigenvalue weighted by Crippen LogP contribution is -1.93. The molecule has 2 heterocycles. The van der Waals surface area contributed by atoms with Gasteiger partial charge in [0.1, 0.15) is 5.15 Å². The second kappa shape index (κ2) is 5.06. The van der Waals surface area contributed by atoms with Crippen LogP contribution in [0.1, 0.15) is 5.56 Å². The third-order valence-electron chi connectivity index (χ3n) is 2.97. The summed E-state index contributed by atoms with van der Waals surface area (Å²) in [6, 6.07) is 9.79. The Bertz CT molecular complexity index is 764. The maximum Gasteiger partial charge on any atom is 0.161 e. The molecule has 3 aromatic rings. The Morgan fingerprint density at radius 3 is 2.65 bits per heavy atom. The standard InChI is InChI=1S/C15H13ClN4/c1-10-4-3-5-11(6-10)15-18-13(7-14(16)19-15)12-8-17-20(2)9-12/h3-9H,1-2H3. The summed E-state index contributed by atoms with van der Waals surface area (Å²) in [5.74, 6) is 0.625. The van der Waals surface area contributed by atoms with Crippen LogP contribution in [0.4, 0.5) is 0 Å². The van der Waals surface area contributed by atoms with E-state index in [9.17, 15) is 0 Å². The van der Waals surface area contributed by atoms with E-state index in [2.05, 4.69) is 15.1 Å². The number of aryl methyl sites for hydroxylation is 2. The van der Waals surface area contributed by atoms with Crippen LogP contribution < -0.4 is 0 Å².